The van der Waals surface area contributed by atoms with E-state index in [4.69, 9.17) is 59.2 Å². The fraction of sp³-hybridized carbons (Fsp3) is 0.938. The molecular weight excluding hydrogens is 377 g/mol. The smallest absolute Gasteiger partial charge is 0.265 e. The molecule has 0 aliphatic carbocycles. The molecule has 1 aliphatic heterocycles. The Morgan fingerprint density at radius 1 is 1.08 bits per heavy atom. The third-order valence-electron chi connectivity index (χ3n) is 3.79. The van der Waals surface area contributed by atoms with Gasteiger partial charge in [0.25, 0.3) is 3.79 Å². The summed E-state index contributed by atoms with van der Waals surface area (Å²) in [4.78, 5) is 0. The Bertz CT molecular complexity index is 379. The van der Waals surface area contributed by atoms with Gasteiger partial charge in [0.05, 0.1) is 12.2 Å². The molecule has 1 heterocycles. The molecule has 0 amide bonds. The minimum Gasteiger partial charge on any atom is -0.445 e. The van der Waals surface area contributed by atoms with Gasteiger partial charge in [0.2, 0.25) is 12.2 Å². The van der Waals surface area contributed by atoms with Gasteiger partial charge in [-0.2, -0.15) is 0 Å². The Morgan fingerprint density at radius 2 is 1.62 bits per heavy atom. The maximum atomic E-state index is 7.75. The lowest BCUT2D eigenvalue weighted by Gasteiger charge is -2.40. The van der Waals surface area contributed by atoms with Crippen LogP contribution in [0.2, 0.25) is 0 Å². The summed E-state index contributed by atoms with van der Waals surface area (Å²) in [6.45, 7) is 7.39. The summed E-state index contributed by atoms with van der Waals surface area (Å²) >= 11 is 17.1. The second-order valence-corrected chi connectivity index (χ2v) is 8.20. The highest BCUT2D eigenvalue weighted by atomic mass is 35.6. The molecule has 24 heavy (non-hydrogen) atoms. The van der Waals surface area contributed by atoms with Crippen LogP contribution in [0.1, 0.15) is 52.9 Å². The number of unbranched alkanes of at least 4 members (excludes halogenated alkanes) is 2. The van der Waals surface area contributed by atoms with Crippen LogP contribution in [-0.2, 0) is 18.9 Å². The molecule has 5 nitrogen and oxygen atoms in total. The van der Waals surface area contributed by atoms with Gasteiger partial charge in [0.15, 0.2) is 0 Å². The third kappa shape index (κ3) is 7.63. The van der Waals surface area contributed by atoms with Gasteiger partial charge in [-0.1, -0.05) is 61.5 Å². The van der Waals surface area contributed by atoms with Crippen molar-refractivity contribution in [1.29, 1.82) is 5.41 Å². The normalized spacial score (nSPS) is 27.9. The largest absolute Gasteiger partial charge is 0.445 e. The van der Waals surface area contributed by atoms with Crippen molar-refractivity contribution in [2.24, 2.45) is 0 Å². The van der Waals surface area contributed by atoms with Crippen LogP contribution in [0, 0.1) is 5.41 Å². The van der Waals surface area contributed by atoms with Gasteiger partial charge in [0.1, 0.15) is 6.10 Å². The van der Waals surface area contributed by atoms with E-state index in [1.54, 1.807) is 0 Å². The first kappa shape index (κ1) is 22.3. The van der Waals surface area contributed by atoms with Crippen molar-refractivity contribution >= 4 is 40.7 Å². The van der Waals surface area contributed by atoms with Crippen LogP contribution in [0.4, 0.5) is 0 Å². The van der Waals surface area contributed by atoms with Gasteiger partial charge in [-0.05, 0) is 19.8 Å². The monoisotopic (exact) mass is 403 g/mol. The summed E-state index contributed by atoms with van der Waals surface area (Å²) in [7, 11) is 0. The standard InChI is InChI=1S/C16H28Cl3NO4/c1-4-6-8-21-12-10-13(22-9-7-5-2)14(23-11(12)3)24-15(20)16(17,18)19/h11-14,20H,4-10H2,1-3H3/t11?,12-,13+,14+/m0/s1. The maximum Gasteiger partial charge on any atom is 0.265 e. The van der Waals surface area contributed by atoms with Crippen LogP contribution < -0.4 is 0 Å². The molecule has 1 aliphatic rings. The quantitative estimate of drug-likeness (QED) is 0.258. The fourth-order valence-corrected chi connectivity index (χ4v) is 2.45. The molecule has 142 valence electrons. The minimum absolute atomic E-state index is 0.0787. The first-order valence-electron chi connectivity index (χ1n) is 8.50. The topological polar surface area (TPSA) is 60.8 Å². The van der Waals surface area contributed by atoms with Crippen LogP contribution in [-0.4, -0.2) is 47.5 Å². The second kappa shape index (κ2) is 11.0. The lowest BCUT2D eigenvalue weighted by molar-refractivity contribution is -0.253. The molecule has 1 unspecified atom stereocenters. The predicted octanol–water partition coefficient (Wildman–Crippen LogP) is 4.86. The van der Waals surface area contributed by atoms with Crippen LogP contribution in [0.5, 0.6) is 0 Å². The number of rotatable bonds is 9. The number of ether oxygens (including phenoxy) is 4. The summed E-state index contributed by atoms with van der Waals surface area (Å²) in [5, 5.41) is 7.75. The van der Waals surface area contributed by atoms with Crippen molar-refractivity contribution in [3.63, 3.8) is 0 Å². The van der Waals surface area contributed by atoms with E-state index in [0.717, 1.165) is 25.7 Å². The van der Waals surface area contributed by atoms with Gasteiger partial charge < -0.3 is 18.9 Å². The lowest BCUT2D eigenvalue weighted by Crippen LogP contribution is -2.50. The molecule has 1 saturated heterocycles. The summed E-state index contributed by atoms with van der Waals surface area (Å²) in [6.07, 6.45) is 3.22. The third-order valence-corrected chi connectivity index (χ3v) is 4.31. The molecule has 4 atom stereocenters. The van der Waals surface area contributed by atoms with Crippen LogP contribution in [0.15, 0.2) is 0 Å². The molecule has 1 fully saturated rings. The van der Waals surface area contributed by atoms with Gasteiger partial charge >= 0.3 is 0 Å². The first-order chi connectivity index (χ1) is 11.3. The molecule has 8 heteroatoms. The highest BCUT2D eigenvalue weighted by molar-refractivity contribution is 6.76. The zero-order valence-electron chi connectivity index (χ0n) is 14.5. The number of alkyl halides is 3. The molecule has 0 bridgehead atoms. The Balaban J connectivity index is 2.68. The summed E-state index contributed by atoms with van der Waals surface area (Å²) in [6, 6.07) is 0. The molecule has 0 aromatic carbocycles. The van der Waals surface area contributed by atoms with Crippen LogP contribution in [0.3, 0.4) is 0 Å². The molecule has 0 aromatic heterocycles. The van der Waals surface area contributed by atoms with E-state index in [-0.39, 0.29) is 18.3 Å². The Morgan fingerprint density at radius 3 is 2.12 bits per heavy atom. The first-order valence-corrected chi connectivity index (χ1v) is 9.64. The molecule has 1 rings (SSSR count). The molecule has 0 aromatic rings. The number of hydrogen-bond acceptors (Lipinski definition) is 5. The SMILES string of the molecule is CCCCO[C@H]1C[C@@H](OCCCC)[C@@H](OC(=N)C(Cl)(Cl)Cl)OC1C. The van der Waals surface area contributed by atoms with Gasteiger partial charge in [-0.15, -0.1) is 0 Å². The average molecular weight is 405 g/mol. The van der Waals surface area contributed by atoms with Crippen molar-refractivity contribution in [2.75, 3.05) is 13.2 Å². The van der Waals surface area contributed by atoms with Crippen molar-refractivity contribution in [2.45, 2.75) is 81.3 Å². The van der Waals surface area contributed by atoms with Crippen molar-refractivity contribution in [1.82, 2.24) is 0 Å². The molecule has 1 N–H and O–H groups in total. The fourth-order valence-electron chi connectivity index (χ4n) is 2.31. The molecule has 0 radical (unpaired) electrons. The zero-order chi connectivity index (χ0) is 18.2. The Kier molecular flexibility index (Phi) is 10.2. The predicted molar refractivity (Wildman–Crippen MR) is 97.3 cm³/mol. The van der Waals surface area contributed by atoms with Gasteiger partial charge in [-0.3, -0.25) is 5.41 Å². The van der Waals surface area contributed by atoms with E-state index >= 15 is 0 Å². The van der Waals surface area contributed by atoms with E-state index in [1.807, 2.05) is 6.92 Å². The van der Waals surface area contributed by atoms with Gasteiger partial charge in [-0.25, -0.2) is 0 Å². The highest BCUT2D eigenvalue weighted by Gasteiger charge is 2.41. The van der Waals surface area contributed by atoms with Crippen molar-refractivity contribution < 1.29 is 18.9 Å². The number of nitrogens with one attached hydrogen (secondary N) is 1. The van der Waals surface area contributed by atoms with Crippen molar-refractivity contribution in [3.8, 4) is 0 Å². The zero-order valence-corrected chi connectivity index (χ0v) is 16.8. The Labute approximate surface area is 159 Å². The Hall–Kier alpha value is 0.220. The minimum atomic E-state index is -1.92. The van der Waals surface area contributed by atoms with E-state index < -0.39 is 16.0 Å². The van der Waals surface area contributed by atoms with E-state index in [1.165, 1.54) is 0 Å². The maximum absolute atomic E-state index is 7.75. The highest BCUT2D eigenvalue weighted by Crippen LogP contribution is 2.32. The number of halogens is 3. The van der Waals surface area contributed by atoms with E-state index in [2.05, 4.69) is 13.8 Å². The van der Waals surface area contributed by atoms with E-state index in [9.17, 15) is 0 Å². The lowest BCUT2D eigenvalue weighted by atomic mass is 10.0. The van der Waals surface area contributed by atoms with Crippen LogP contribution in [0.25, 0.3) is 0 Å². The van der Waals surface area contributed by atoms with E-state index in [0.29, 0.717) is 19.6 Å². The summed E-state index contributed by atoms with van der Waals surface area (Å²) in [5.74, 6) is -0.473. The van der Waals surface area contributed by atoms with Crippen molar-refractivity contribution in [3.05, 3.63) is 0 Å². The average Bonchev–Trinajstić information content (AvgIpc) is 2.50. The summed E-state index contributed by atoms with van der Waals surface area (Å²) < 4.78 is 21.1. The molecule has 0 saturated carbocycles. The number of hydrogen-bond donors (Lipinski definition) is 1. The van der Waals surface area contributed by atoms with Crippen LogP contribution >= 0.6 is 34.8 Å². The molecular formula is C16H28Cl3NO4. The van der Waals surface area contributed by atoms with Gasteiger partial charge in [0, 0.05) is 19.6 Å². The second-order valence-electron chi connectivity index (χ2n) is 5.92. The summed E-state index contributed by atoms with van der Waals surface area (Å²) in [5.41, 5.74) is 0. The molecule has 0 spiro atoms.